The normalized spacial score (nSPS) is 17.6. The first-order valence-electron chi connectivity index (χ1n) is 7.88. The van der Waals surface area contributed by atoms with Gasteiger partial charge in [-0.15, -0.1) is 0 Å². The largest absolute Gasteiger partial charge is 0.490 e. The summed E-state index contributed by atoms with van der Waals surface area (Å²) in [7, 11) is 0. The minimum Gasteiger partial charge on any atom is -0.490 e. The van der Waals surface area contributed by atoms with E-state index in [9.17, 15) is 13.6 Å². The van der Waals surface area contributed by atoms with Crippen molar-refractivity contribution in [3.05, 3.63) is 48.7 Å². The summed E-state index contributed by atoms with van der Waals surface area (Å²) in [5, 5.41) is 0. The van der Waals surface area contributed by atoms with Crippen LogP contribution in [0, 0.1) is 5.92 Å². The molecule has 1 heterocycles. The molecule has 0 N–H and O–H groups in total. The first kappa shape index (κ1) is 17.1. The third kappa shape index (κ3) is 5.14. The number of rotatable bonds is 8. The number of ether oxygens (including phenoxy) is 3. The third-order valence-corrected chi connectivity index (χ3v) is 3.67. The minimum atomic E-state index is -2.70. The maximum Gasteiger partial charge on any atom is 0.306 e. The van der Waals surface area contributed by atoms with Gasteiger partial charge in [-0.05, 0) is 30.3 Å². The second-order valence-electron chi connectivity index (χ2n) is 5.68. The molecular weight excluding hydrogens is 332 g/mol. The first-order valence-corrected chi connectivity index (χ1v) is 7.88. The standard InChI is InChI=1S/C18H17F2NO4/c19-18(20)12-13(18)11-17(22)24-10-9-23-14-4-6-15(7-5-14)25-16-3-1-2-8-21-16/h1-8,13H,9-12H2. The zero-order chi connectivity index (χ0) is 17.7. The number of aromatic nitrogens is 1. The first-order chi connectivity index (χ1) is 12.0. The smallest absolute Gasteiger partial charge is 0.306 e. The van der Waals surface area contributed by atoms with E-state index in [2.05, 4.69) is 4.98 Å². The molecule has 25 heavy (non-hydrogen) atoms. The molecule has 0 bridgehead atoms. The number of pyridine rings is 1. The van der Waals surface area contributed by atoms with Gasteiger partial charge in [-0.25, -0.2) is 13.8 Å². The molecule has 1 aliphatic carbocycles. The minimum absolute atomic E-state index is 0.0172. The molecule has 5 nitrogen and oxygen atoms in total. The highest BCUT2D eigenvalue weighted by Gasteiger charge is 2.57. The van der Waals surface area contributed by atoms with Gasteiger partial charge in [0.15, 0.2) is 0 Å². The van der Waals surface area contributed by atoms with Gasteiger partial charge in [-0.2, -0.15) is 0 Å². The molecule has 0 spiro atoms. The number of esters is 1. The van der Waals surface area contributed by atoms with Crippen LogP contribution in [0.1, 0.15) is 12.8 Å². The van der Waals surface area contributed by atoms with E-state index in [0.717, 1.165) is 0 Å². The molecule has 132 valence electrons. The van der Waals surface area contributed by atoms with Crippen molar-refractivity contribution in [1.29, 1.82) is 0 Å². The summed E-state index contributed by atoms with van der Waals surface area (Å²) in [6.45, 7) is 0.163. The van der Waals surface area contributed by atoms with Gasteiger partial charge in [0.1, 0.15) is 24.7 Å². The Morgan fingerprint density at radius 3 is 2.48 bits per heavy atom. The van der Waals surface area contributed by atoms with Crippen molar-refractivity contribution in [2.75, 3.05) is 13.2 Å². The van der Waals surface area contributed by atoms with Gasteiger partial charge in [0.25, 0.3) is 5.92 Å². The monoisotopic (exact) mass is 349 g/mol. The van der Waals surface area contributed by atoms with Crippen molar-refractivity contribution in [2.24, 2.45) is 5.92 Å². The summed E-state index contributed by atoms with van der Waals surface area (Å²) in [5.74, 6) is -2.50. The molecule has 1 unspecified atom stereocenters. The van der Waals surface area contributed by atoms with E-state index >= 15 is 0 Å². The Hall–Kier alpha value is -2.70. The van der Waals surface area contributed by atoms with Gasteiger partial charge >= 0.3 is 5.97 Å². The predicted molar refractivity (Wildman–Crippen MR) is 84.9 cm³/mol. The van der Waals surface area contributed by atoms with Crippen LogP contribution in [-0.2, 0) is 9.53 Å². The summed E-state index contributed by atoms with van der Waals surface area (Å²) in [4.78, 5) is 15.4. The van der Waals surface area contributed by atoms with E-state index in [1.54, 1.807) is 42.6 Å². The van der Waals surface area contributed by atoms with E-state index in [0.29, 0.717) is 17.4 Å². The molecule has 0 aliphatic heterocycles. The van der Waals surface area contributed by atoms with Crippen LogP contribution in [0.4, 0.5) is 8.78 Å². The van der Waals surface area contributed by atoms with Gasteiger partial charge in [-0.3, -0.25) is 4.79 Å². The number of alkyl halides is 2. The van der Waals surface area contributed by atoms with Crippen LogP contribution < -0.4 is 9.47 Å². The highest BCUT2D eigenvalue weighted by molar-refractivity contribution is 5.70. The number of nitrogens with zero attached hydrogens (tertiary/aromatic N) is 1. The third-order valence-electron chi connectivity index (χ3n) is 3.67. The van der Waals surface area contributed by atoms with Crippen LogP contribution in [0.25, 0.3) is 0 Å². The van der Waals surface area contributed by atoms with E-state index in [4.69, 9.17) is 14.2 Å². The van der Waals surface area contributed by atoms with Gasteiger partial charge in [0, 0.05) is 24.6 Å². The maximum atomic E-state index is 12.7. The molecule has 1 aliphatic rings. The fraction of sp³-hybridized carbons (Fsp3) is 0.333. The van der Waals surface area contributed by atoms with Gasteiger partial charge in [-0.1, -0.05) is 6.07 Å². The fourth-order valence-corrected chi connectivity index (χ4v) is 2.20. The molecule has 7 heteroatoms. The van der Waals surface area contributed by atoms with E-state index in [1.165, 1.54) is 0 Å². The van der Waals surface area contributed by atoms with E-state index < -0.39 is 17.8 Å². The Balaban J connectivity index is 1.35. The molecular formula is C18H17F2NO4. The maximum absolute atomic E-state index is 12.7. The molecule has 0 radical (unpaired) electrons. The zero-order valence-electron chi connectivity index (χ0n) is 13.4. The lowest BCUT2D eigenvalue weighted by molar-refractivity contribution is -0.145. The van der Waals surface area contributed by atoms with Gasteiger partial charge < -0.3 is 14.2 Å². The molecule has 1 saturated carbocycles. The lowest BCUT2D eigenvalue weighted by Gasteiger charge is -2.08. The lowest BCUT2D eigenvalue weighted by atomic mass is 10.3. The molecule has 0 saturated heterocycles. The average Bonchev–Trinajstić information content (AvgIpc) is 3.20. The Kier molecular flexibility index (Phi) is 5.11. The summed E-state index contributed by atoms with van der Waals surface area (Å²) < 4.78 is 41.2. The summed E-state index contributed by atoms with van der Waals surface area (Å²) in [5.41, 5.74) is 0. The summed E-state index contributed by atoms with van der Waals surface area (Å²) in [6, 6.07) is 12.3. The second kappa shape index (κ2) is 7.46. The van der Waals surface area contributed by atoms with Crippen molar-refractivity contribution < 1.29 is 27.8 Å². The molecule has 1 atom stereocenters. The molecule has 1 aromatic carbocycles. The Labute approximate surface area is 143 Å². The molecule has 1 fully saturated rings. The van der Waals surface area contributed by atoms with Crippen LogP contribution >= 0.6 is 0 Å². The number of carbonyl (C=O) groups excluding carboxylic acids is 1. The number of benzene rings is 1. The Bertz CT molecular complexity index is 707. The fourth-order valence-electron chi connectivity index (χ4n) is 2.20. The molecule has 2 aromatic rings. The number of carbonyl (C=O) groups is 1. The summed E-state index contributed by atoms with van der Waals surface area (Å²) in [6.07, 6.45) is 1.16. The molecule has 3 rings (SSSR count). The van der Waals surface area contributed by atoms with E-state index in [1.807, 2.05) is 6.07 Å². The van der Waals surface area contributed by atoms with Crippen molar-refractivity contribution in [3.8, 4) is 17.4 Å². The SMILES string of the molecule is O=C(CC1CC1(F)F)OCCOc1ccc(Oc2ccccn2)cc1. The predicted octanol–water partition coefficient (Wildman–Crippen LogP) is 3.84. The second-order valence-corrected chi connectivity index (χ2v) is 5.68. The highest BCUT2D eigenvalue weighted by atomic mass is 19.3. The van der Waals surface area contributed by atoms with Crippen LogP contribution in [0.15, 0.2) is 48.7 Å². The lowest BCUT2D eigenvalue weighted by Crippen LogP contribution is -2.13. The Morgan fingerprint density at radius 1 is 1.12 bits per heavy atom. The topological polar surface area (TPSA) is 57.7 Å². The van der Waals surface area contributed by atoms with E-state index in [-0.39, 0.29) is 26.1 Å². The number of hydrogen-bond donors (Lipinski definition) is 0. The quantitative estimate of drug-likeness (QED) is 0.535. The number of hydrogen-bond acceptors (Lipinski definition) is 5. The average molecular weight is 349 g/mol. The van der Waals surface area contributed by atoms with Crippen LogP contribution in [0.5, 0.6) is 17.4 Å². The molecule has 1 aromatic heterocycles. The zero-order valence-corrected chi connectivity index (χ0v) is 13.4. The summed E-state index contributed by atoms with van der Waals surface area (Å²) >= 11 is 0. The van der Waals surface area contributed by atoms with Crippen LogP contribution in [0.3, 0.4) is 0 Å². The van der Waals surface area contributed by atoms with Crippen LogP contribution in [-0.4, -0.2) is 30.1 Å². The van der Waals surface area contributed by atoms with Gasteiger partial charge in [0.05, 0.1) is 6.42 Å². The van der Waals surface area contributed by atoms with Gasteiger partial charge in [0.2, 0.25) is 5.88 Å². The van der Waals surface area contributed by atoms with Crippen molar-refractivity contribution in [1.82, 2.24) is 4.98 Å². The highest BCUT2D eigenvalue weighted by Crippen LogP contribution is 2.50. The van der Waals surface area contributed by atoms with Crippen LogP contribution in [0.2, 0.25) is 0 Å². The van der Waals surface area contributed by atoms with Crippen molar-refractivity contribution >= 4 is 5.97 Å². The number of halogens is 2. The van der Waals surface area contributed by atoms with Crippen molar-refractivity contribution in [3.63, 3.8) is 0 Å². The molecule has 0 amide bonds. The van der Waals surface area contributed by atoms with Crippen molar-refractivity contribution in [2.45, 2.75) is 18.8 Å². The Morgan fingerprint density at radius 2 is 1.84 bits per heavy atom.